The molecule has 0 spiro atoms. The number of hydrogen-bond acceptors (Lipinski definition) is 7. The van der Waals surface area contributed by atoms with Crippen LogP contribution in [0.25, 0.3) is 0 Å². The van der Waals surface area contributed by atoms with Crippen LogP contribution in [0.4, 0.5) is 11.6 Å². The predicted octanol–water partition coefficient (Wildman–Crippen LogP) is 1.65. The molecule has 1 fully saturated rings. The van der Waals surface area contributed by atoms with Crippen LogP contribution in [0.3, 0.4) is 0 Å². The van der Waals surface area contributed by atoms with E-state index < -0.39 is 0 Å². The summed E-state index contributed by atoms with van der Waals surface area (Å²) >= 11 is 0. The fourth-order valence-corrected chi connectivity index (χ4v) is 2.60. The highest BCUT2D eigenvalue weighted by molar-refractivity contribution is 5.91. The van der Waals surface area contributed by atoms with E-state index in [2.05, 4.69) is 20.2 Å². The lowest BCUT2D eigenvalue weighted by Gasteiger charge is -2.27. The summed E-state index contributed by atoms with van der Waals surface area (Å²) in [5.74, 6) is 2.00. The van der Waals surface area contributed by atoms with E-state index >= 15 is 0 Å². The average molecular weight is 358 g/mol. The smallest absolute Gasteiger partial charge is 0.263 e. The van der Waals surface area contributed by atoms with Gasteiger partial charge in [-0.2, -0.15) is 0 Å². The highest BCUT2D eigenvalue weighted by atomic mass is 16.5. The van der Waals surface area contributed by atoms with E-state index in [4.69, 9.17) is 14.2 Å². The van der Waals surface area contributed by atoms with Gasteiger partial charge < -0.3 is 24.4 Å². The number of ether oxygens (including phenoxy) is 3. The van der Waals surface area contributed by atoms with Gasteiger partial charge in [-0.25, -0.2) is 9.97 Å². The average Bonchev–Trinajstić information content (AvgIpc) is 2.68. The Morgan fingerprint density at radius 1 is 1.23 bits per heavy atom. The molecule has 8 nitrogen and oxygen atoms in total. The molecule has 1 aliphatic rings. The van der Waals surface area contributed by atoms with Crippen LogP contribution < -0.4 is 19.7 Å². The predicted molar refractivity (Wildman–Crippen MR) is 96.9 cm³/mol. The zero-order valence-electron chi connectivity index (χ0n) is 14.9. The number of anilines is 2. The van der Waals surface area contributed by atoms with Gasteiger partial charge in [0, 0.05) is 19.2 Å². The van der Waals surface area contributed by atoms with Crippen LogP contribution in [0, 0.1) is 6.92 Å². The molecular weight excluding hydrogens is 336 g/mol. The van der Waals surface area contributed by atoms with Gasteiger partial charge in [-0.3, -0.25) is 4.79 Å². The fourth-order valence-electron chi connectivity index (χ4n) is 2.60. The first-order valence-corrected chi connectivity index (χ1v) is 8.38. The second-order valence-electron chi connectivity index (χ2n) is 5.85. The van der Waals surface area contributed by atoms with Crippen LogP contribution >= 0.6 is 0 Å². The van der Waals surface area contributed by atoms with E-state index in [0.717, 1.165) is 24.5 Å². The normalized spacial score (nSPS) is 14.0. The molecule has 1 aromatic heterocycles. The summed E-state index contributed by atoms with van der Waals surface area (Å²) in [5, 5.41) is 2.73. The van der Waals surface area contributed by atoms with Crippen molar-refractivity contribution in [2.45, 2.75) is 6.92 Å². The molecule has 0 radical (unpaired) electrons. The molecule has 3 rings (SSSR count). The maximum atomic E-state index is 12.2. The molecule has 1 aliphatic heterocycles. The number of amides is 1. The number of rotatable bonds is 6. The van der Waals surface area contributed by atoms with Crippen molar-refractivity contribution in [1.29, 1.82) is 0 Å². The molecule has 138 valence electrons. The molecule has 0 atom stereocenters. The lowest BCUT2D eigenvalue weighted by Crippen LogP contribution is -2.36. The Hall–Kier alpha value is -2.87. The van der Waals surface area contributed by atoms with Crippen molar-refractivity contribution in [3.63, 3.8) is 0 Å². The van der Waals surface area contributed by atoms with Gasteiger partial charge in [0.2, 0.25) is 0 Å². The number of benzene rings is 1. The van der Waals surface area contributed by atoms with Gasteiger partial charge >= 0.3 is 0 Å². The third-order valence-electron chi connectivity index (χ3n) is 3.93. The SMILES string of the molecule is COc1cc(C)ccc1OCC(=O)Nc1cc(N2CCOCC2)ncn1. The minimum absolute atomic E-state index is 0.143. The van der Waals surface area contributed by atoms with Gasteiger partial charge in [0.15, 0.2) is 18.1 Å². The van der Waals surface area contributed by atoms with Crippen molar-refractivity contribution >= 4 is 17.5 Å². The lowest BCUT2D eigenvalue weighted by atomic mass is 10.2. The molecule has 8 heteroatoms. The lowest BCUT2D eigenvalue weighted by molar-refractivity contribution is -0.118. The second kappa shape index (κ2) is 8.48. The number of aryl methyl sites for hydroxylation is 1. The molecule has 0 unspecified atom stereocenters. The molecule has 1 amide bonds. The minimum atomic E-state index is -0.306. The molecule has 1 aromatic carbocycles. The Balaban J connectivity index is 1.58. The molecule has 2 aromatic rings. The van der Waals surface area contributed by atoms with Crippen LogP contribution in [0.5, 0.6) is 11.5 Å². The van der Waals surface area contributed by atoms with Crippen LogP contribution in [0.15, 0.2) is 30.6 Å². The molecule has 0 aliphatic carbocycles. The molecule has 0 saturated carbocycles. The topological polar surface area (TPSA) is 85.8 Å². The van der Waals surface area contributed by atoms with Crippen molar-refractivity contribution in [2.75, 3.05) is 50.2 Å². The summed E-state index contributed by atoms with van der Waals surface area (Å²) in [5.41, 5.74) is 1.05. The van der Waals surface area contributed by atoms with Crippen molar-refractivity contribution < 1.29 is 19.0 Å². The van der Waals surface area contributed by atoms with E-state index in [1.54, 1.807) is 19.2 Å². The maximum absolute atomic E-state index is 12.2. The van der Waals surface area contributed by atoms with E-state index in [1.807, 2.05) is 19.1 Å². The van der Waals surface area contributed by atoms with E-state index in [0.29, 0.717) is 30.5 Å². The molecule has 0 bridgehead atoms. The Bertz CT molecular complexity index is 763. The summed E-state index contributed by atoms with van der Waals surface area (Å²) in [6.45, 7) is 4.67. The summed E-state index contributed by atoms with van der Waals surface area (Å²) in [6.07, 6.45) is 1.43. The molecule has 1 saturated heterocycles. The molecule has 2 heterocycles. The van der Waals surface area contributed by atoms with Crippen LogP contribution in [-0.4, -0.2) is 55.9 Å². The van der Waals surface area contributed by atoms with Crippen LogP contribution in [0.2, 0.25) is 0 Å². The fraction of sp³-hybridized carbons (Fsp3) is 0.389. The third kappa shape index (κ3) is 4.60. The number of carbonyl (C=O) groups is 1. The maximum Gasteiger partial charge on any atom is 0.263 e. The highest BCUT2D eigenvalue weighted by Crippen LogP contribution is 2.27. The van der Waals surface area contributed by atoms with Crippen molar-refractivity contribution in [3.05, 3.63) is 36.2 Å². The zero-order chi connectivity index (χ0) is 18.4. The summed E-state index contributed by atoms with van der Waals surface area (Å²) in [7, 11) is 1.57. The Kier molecular flexibility index (Phi) is 5.85. The molecular formula is C18H22N4O4. The Labute approximate surface area is 152 Å². The van der Waals surface area contributed by atoms with Crippen molar-refractivity contribution in [2.24, 2.45) is 0 Å². The summed E-state index contributed by atoms with van der Waals surface area (Å²) in [6, 6.07) is 7.28. The van der Waals surface area contributed by atoms with Gasteiger partial charge in [0.25, 0.3) is 5.91 Å². The standard InChI is InChI=1S/C18H22N4O4/c1-13-3-4-14(15(9-13)24-2)26-11-18(23)21-16-10-17(20-12-19-16)22-5-7-25-8-6-22/h3-4,9-10,12H,5-8,11H2,1-2H3,(H,19,20,21,23). The highest BCUT2D eigenvalue weighted by Gasteiger charge is 2.14. The third-order valence-corrected chi connectivity index (χ3v) is 3.93. The number of morpholine rings is 1. The van der Waals surface area contributed by atoms with E-state index in [-0.39, 0.29) is 12.5 Å². The monoisotopic (exact) mass is 358 g/mol. The van der Waals surface area contributed by atoms with Gasteiger partial charge in [-0.1, -0.05) is 6.07 Å². The number of hydrogen-bond donors (Lipinski definition) is 1. The minimum Gasteiger partial charge on any atom is -0.493 e. The summed E-state index contributed by atoms with van der Waals surface area (Å²) < 4.78 is 16.2. The number of carbonyl (C=O) groups excluding carboxylic acids is 1. The van der Waals surface area contributed by atoms with Gasteiger partial charge in [-0.05, 0) is 24.6 Å². The van der Waals surface area contributed by atoms with E-state index in [1.165, 1.54) is 6.33 Å². The quantitative estimate of drug-likeness (QED) is 0.840. The first-order valence-electron chi connectivity index (χ1n) is 8.38. The van der Waals surface area contributed by atoms with E-state index in [9.17, 15) is 4.79 Å². The van der Waals surface area contributed by atoms with Crippen LogP contribution in [-0.2, 0) is 9.53 Å². The molecule has 26 heavy (non-hydrogen) atoms. The van der Waals surface area contributed by atoms with Crippen molar-refractivity contribution in [1.82, 2.24) is 9.97 Å². The number of methoxy groups -OCH3 is 1. The summed E-state index contributed by atoms with van der Waals surface area (Å²) in [4.78, 5) is 22.6. The first-order chi connectivity index (χ1) is 12.7. The number of nitrogens with zero attached hydrogens (tertiary/aromatic N) is 3. The molecule has 1 N–H and O–H groups in total. The van der Waals surface area contributed by atoms with Crippen molar-refractivity contribution in [3.8, 4) is 11.5 Å². The number of aromatic nitrogens is 2. The van der Waals surface area contributed by atoms with Gasteiger partial charge in [-0.15, -0.1) is 0 Å². The van der Waals surface area contributed by atoms with Gasteiger partial charge in [0.1, 0.15) is 18.0 Å². The Morgan fingerprint density at radius 3 is 2.81 bits per heavy atom. The van der Waals surface area contributed by atoms with Gasteiger partial charge in [0.05, 0.1) is 20.3 Å². The van der Waals surface area contributed by atoms with Crippen LogP contribution in [0.1, 0.15) is 5.56 Å². The second-order valence-corrected chi connectivity index (χ2v) is 5.85. The number of nitrogens with one attached hydrogen (secondary N) is 1. The largest absolute Gasteiger partial charge is 0.493 e. The Morgan fingerprint density at radius 2 is 2.04 bits per heavy atom. The zero-order valence-corrected chi connectivity index (χ0v) is 14.9. The first kappa shape index (κ1) is 17.9.